The first-order valence-corrected chi connectivity index (χ1v) is 5.07. The molecule has 3 heteroatoms. The van der Waals surface area contributed by atoms with Crippen molar-refractivity contribution in [1.82, 2.24) is 4.90 Å². The molecule has 1 N–H and O–H groups in total. The standard InChI is InChI=1S/C10H23NO2/c1-4-5-6-7-13-9-10(8-12)11(2)3/h10,12H,4-9H2,1-3H3. The molecule has 80 valence electrons. The molecule has 0 heterocycles. The lowest BCUT2D eigenvalue weighted by Crippen LogP contribution is -2.35. The van der Waals surface area contributed by atoms with Crippen LogP contribution in [-0.2, 0) is 4.74 Å². The van der Waals surface area contributed by atoms with Crippen molar-refractivity contribution >= 4 is 0 Å². The quantitative estimate of drug-likeness (QED) is 0.581. The maximum absolute atomic E-state index is 8.98. The van der Waals surface area contributed by atoms with Crippen LogP contribution in [0.5, 0.6) is 0 Å². The fourth-order valence-corrected chi connectivity index (χ4v) is 1.04. The second-order valence-electron chi connectivity index (χ2n) is 3.58. The number of aliphatic hydroxyl groups is 1. The summed E-state index contributed by atoms with van der Waals surface area (Å²) < 4.78 is 5.45. The minimum absolute atomic E-state index is 0.140. The summed E-state index contributed by atoms with van der Waals surface area (Å²) in [7, 11) is 3.91. The van der Waals surface area contributed by atoms with E-state index in [0.29, 0.717) is 6.61 Å². The Morgan fingerprint density at radius 1 is 1.31 bits per heavy atom. The molecule has 0 aromatic carbocycles. The zero-order valence-corrected chi connectivity index (χ0v) is 9.12. The van der Waals surface area contributed by atoms with Crippen molar-refractivity contribution in [3.8, 4) is 0 Å². The number of hydrogen-bond acceptors (Lipinski definition) is 3. The Balaban J connectivity index is 3.28. The highest BCUT2D eigenvalue weighted by atomic mass is 16.5. The van der Waals surface area contributed by atoms with Crippen molar-refractivity contribution in [3.63, 3.8) is 0 Å². The molecule has 0 rings (SSSR count). The van der Waals surface area contributed by atoms with Gasteiger partial charge in [-0.3, -0.25) is 0 Å². The summed E-state index contributed by atoms with van der Waals surface area (Å²) >= 11 is 0. The maximum Gasteiger partial charge on any atom is 0.0644 e. The zero-order valence-electron chi connectivity index (χ0n) is 9.12. The minimum Gasteiger partial charge on any atom is -0.395 e. The third-order valence-electron chi connectivity index (χ3n) is 2.14. The highest BCUT2D eigenvalue weighted by molar-refractivity contribution is 4.62. The Hall–Kier alpha value is -0.120. The molecule has 1 unspecified atom stereocenters. The Labute approximate surface area is 81.7 Å². The first-order chi connectivity index (χ1) is 6.22. The molecule has 0 aromatic rings. The van der Waals surface area contributed by atoms with Crippen molar-refractivity contribution in [2.45, 2.75) is 32.2 Å². The molecule has 3 nitrogen and oxygen atoms in total. The van der Waals surface area contributed by atoms with E-state index < -0.39 is 0 Å². The van der Waals surface area contributed by atoms with Gasteiger partial charge >= 0.3 is 0 Å². The average Bonchev–Trinajstić information content (AvgIpc) is 2.10. The first kappa shape index (κ1) is 12.9. The summed E-state index contributed by atoms with van der Waals surface area (Å²) in [4.78, 5) is 1.99. The van der Waals surface area contributed by atoms with Crippen LogP contribution in [-0.4, -0.2) is 50.0 Å². The molecule has 0 spiro atoms. The third kappa shape index (κ3) is 6.99. The van der Waals surface area contributed by atoms with E-state index in [1.807, 2.05) is 19.0 Å². The summed E-state index contributed by atoms with van der Waals surface area (Å²) in [6, 6.07) is 0.140. The topological polar surface area (TPSA) is 32.7 Å². The monoisotopic (exact) mass is 189 g/mol. The van der Waals surface area contributed by atoms with Gasteiger partial charge in [-0.15, -0.1) is 0 Å². The van der Waals surface area contributed by atoms with Gasteiger partial charge in [0.25, 0.3) is 0 Å². The second kappa shape index (κ2) is 8.48. The Morgan fingerprint density at radius 2 is 2.00 bits per heavy atom. The van der Waals surface area contributed by atoms with Crippen molar-refractivity contribution in [2.75, 3.05) is 33.9 Å². The number of nitrogens with zero attached hydrogens (tertiary/aromatic N) is 1. The Bertz CT molecular complexity index is 107. The van der Waals surface area contributed by atoms with Crippen molar-refractivity contribution in [2.24, 2.45) is 0 Å². The number of ether oxygens (including phenoxy) is 1. The molecular formula is C10H23NO2. The van der Waals surface area contributed by atoms with E-state index in [1.165, 1.54) is 12.8 Å². The van der Waals surface area contributed by atoms with E-state index in [2.05, 4.69) is 6.92 Å². The van der Waals surface area contributed by atoms with Gasteiger partial charge < -0.3 is 14.7 Å². The molecular weight excluding hydrogens is 166 g/mol. The number of rotatable bonds is 8. The SMILES string of the molecule is CCCCCOCC(CO)N(C)C. The molecule has 0 aliphatic heterocycles. The van der Waals surface area contributed by atoms with Crippen molar-refractivity contribution < 1.29 is 9.84 Å². The molecule has 0 saturated heterocycles. The van der Waals surface area contributed by atoms with Gasteiger partial charge in [0.2, 0.25) is 0 Å². The number of aliphatic hydroxyl groups excluding tert-OH is 1. The van der Waals surface area contributed by atoms with Gasteiger partial charge in [0, 0.05) is 6.61 Å². The number of likely N-dealkylation sites (N-methyl/N-ethyl adjacent to an activating group) is 1. The number of hydrogen-bond donors (Lipinski definition) is 1. The van der Waals surface area contributed by atoms with Crippen LogP contribution in [0.15, 0.2) is 0 Å². The van der Waals surface area contributed by atoms with Crippen LogP contribution in [0.3, 0.4) is 0 Å². The van der Waals surface area contributed by atoms with Crippen LogP contribution < -0.4 is 0 Å². The smallest absolute Gasteiger partial charge is 0.0644 e. The van der Waals surface area contributed by atoms with Gasteiger partial charge in [-0.05, 0) is 20.5 Å². The Kier molecular flexibility index (Phi) is 8.40. The van der Waals surface area contributed by atoms with Crippen LogP contribution in [0, 0.1) is 0 Å². The molecule has 0 bridgehead atoms. The molecule has 13 heavy (non-hydrogen) atoms. The highest BCUT2D eigenvalue weighted by Crippen LogP contribution is 1.97. The summed E-state index contributed by atoms with van der Waals surface area (Å²) in [5, 5.41) is 8.98. The minimum atomic E-state index is 0.140. The lowest BCUT2D eigenvalue weighted by atomic mass is 10.2. The van der Waals surface area contributed by atoms with E-state index in [1.54, 1.807) is 0 Å². The van der Waals surface area contributed by atoms with E-state index in [9.17, 15) is 0 Å². The molecule has 0 aromatic heterocycles. The average molecular weight is 189 g/mol. The second-order valence-corrected chi connectivity index (χ2v) is 3.58. The van der Waals surface area contributed by atoms with Crippen molar-refractivity contribution in [1.29, 1.82) is 0 Å². The van der Waals surface area contributed by atoms with Gasteiger partial charge in [0.05, 0.1) is 19.3 Å². The van der Waals surface area contributed by atoms with Gasteiger partial charge in [-0.1, -0.05) is 19.8 Å². The normalized spacial score (nSPS) is 13.6. The largest absolute Gasteiger partial charge is 0.395 e. The van der Waals surface area contributed by atoms with Crippen molar-refractivity contribution in [3.05, 3.63) is 0 Å². The van der Waals surface area contributed by atoms with E-state index in [-0.39, 0.29) is 12.6 Å². The molecule has 0 aliphatic rings. The van der Waals surface area contributed by atoms with Crippen LogP contribution >= 0.6 is 0 Å². The zero-order chi connectivity index (χ0) is 10.1. The van der Waals surface area contributed by atoms with Crippen LogP contribution in [0.1, 0.15) is 26.2 Å². The van der Waals surface area contributed by atoms with E-state index in [0.717, 1.165) is 13.0 Å². The fourth-order valence-electron chi connectivity index (χ4n) is 1.04. The summed E-state index contributed by atoms with van der Waals surface area (Å²) in [6.07, 6.45) is 3.58. The Morgan fingerprint density at radius 3 is 2.46 bits per heavy atom. The fraction of sp³-hybridized carbons (Fsp3) is 1.00. The first-order valence-electron chi connectivity index (χ1n) is 5.07. The summed E-state index contributed by atoms with van der Waals surface area (Å²) in [5.74, 6) is 0. The van der Waals surface area contributed by atoms with Gasteiger partial charge in [-0.25, -0.2) is 0 Å². The van der Waals surface area contributed by atoms with Crippen LogP contribution in [0.25, 0.3) is 0 Å². The summed E-state index contributed by atoms with van der Waals surface area (Å²) in [6.45, 7) is 3.79. The lowest BCUT2D eigenvalue weighted by Gasteiger charge is -2.21. The molecule has 0 fully saturated rings. The van der Waals surface area contributed by atoms with Gasteiger partial charge in [-0.2, -0.15) is 0 Å². The molecule has 0 radical (unpaired) electrons. The molecule has 1 atom stereocenters. The van der Waals surface area contributed by atoms with E-state index >= 15 is 0 Å². The third-order valence-corrected chi connectivity index (χ3v) is 2.14. The van der Waals surface area contributed by atoms with E-state index in [4.69, 9.17) is 9.84 Å². The van der Waals surface area contributed by atoms with Gasteiger partial charge in [0.15, 0.2) is 0 Å². The molecule has 0 aliphatic carbocycles. The molecule has 0 saturated carbocycles. The lowest BCUT2D eigenvalue weighted by molar-refractivity contribution is 0.0499. The summed E-state index contributed by atoms with van der Waals surface area (Å²) in [5.41, 5.74) is 0. The van der Waals surface area contributed by atoms with Crippen LogP contribution in [0.4, 0.5) is 0 Å². The van der Waals surface area contributed by atoms with Gasteiger partial charge in [0.1, 0.15) is 0 Å². The molecule has 0 amide bonds. The highest BCUT2D eigenvalue weighted by Gasteiger charge is 2.08. The predicted octanol–water partition coefficient (Wildman–Crippen LogP) is 1.12. The maximum atomic E-state index is 8.98. The predicted molar refractivity (Wildman–Crippen MR) is 54.9 cm³/mol. The van der Waals surface area contributed by atoms with Crippen LogP contribution in [0.2, 0.25) is 0 Å². The number of unbranched alkanes of at least 4 members (excludes halogenated alkanes) is 2.